The fraction of sp³-hybridized carbons (Fsp3) is 0.885. The van der Waals surface area contributed by atoms with E-state index in [2.05, 4.69) is 43.5 Å². The molecule has 0 bridgehead atoms. The number of carbonyl (C=O) groups is 2. The predicted octanol–water partition coefficient (Wildman–Crippen LogP) is 15.1. The average Bonchev–Trinajstić information content (AvgIpc) is 3.22. The minimum absolute atomic E-state index is 0.0103. The third-order valence-corrected chi connectivity index (χ3v) is 11.8. The maximum Gasteiger partial charge on any atom is 0.305 e. The maximum absolute atomic E-state index is 12.4. The number of allylic oxidation sites excluding steroid dienone is 4. The fourth-order valence-electron chi connectivity index (χ4n) is 7.79. The maximum atomic E-state index is 12.4. The second kappa shape index (κ2) is 48.0. The van der Waals surface area contributed by atoms with E-state index in [1.54, 1.807) is 0 Å². The highest BCUT2D eigenvalue weighted by atomic mass is 16.5. The highest BCUT2D eigenvalue weighted by molar-refractivity contribution is 5.76. The van der Waals surface area contributed by atoms with Crippen LogP contribution < -0.4 is 5.32 Å². The molecule has 342 valence electrons. The van der Waals surface area contributed by atoms with Crippen LogP contribution in [-0.2, 0) is 14.3 Å². The first-order chi connectivity index (χ1) is 28.5. The van der Waals surface area contributed by atoms with Crippen molar-refractivity contribution in [1.29, 1.82) is 0 Å². The van der Waals surface area contributed by atoms with Gasteiger partial charge in [-0.15, -0.1) is 0 Å². The number of carbonyl (C=O) groups excluding carboxylic acids is 2. The second-order valence-electron chi connectivity index (χ2n) is 17.5. The molecule has 0 aromatic carbocycles. The number of hydrogen-bond donors (Lipinski definition) is 3. The first-order valence-electron chi connectivity index (χ1n) is 25.6. The van der Waals surface area contributed by atoms with Crippen LogP contribution in [0.15, 0.2) is 24.3 Å². The number of aliphatic hydroxyl groups is 2. The number of amides is 1. The molecule has 0 rings (SSSR count). The zero-order valence-electron chi connectivity index (χ0n) is 38.8. The minimum atomic E-state index is -0.669. The summed E-state index contributed by atoms with van der Waals surface area (Å²) in [6.07, 6.45) is 55.7. The first-order valence-corrected chi connectivity index (χ1v) is 25.6. The highest BCUT2D eigenvalue weighted by Gasteiger charge is 2.20. The van der Waals surface area contributed by atoms with E-state index in [0.29, 0.717) is 25.9 Å². The average molecular weight is 818 g/mol. The Morgan fingerprint density at radius 3 is 1.34 bits per heavy atom. The summed E-state index contributed by atoms with van der Waals surface area (Å²) in [4.78, 5) is 24.4. The zero-order valence-corrected chi connectivity index (χ0v) is 38.8. The van der Waals surface area contributed by atoms with Crippen molar-refractivity contribution in [2.75, 3.05) is 13.2 Å². The Balaban J connectivity index is 3.42. The Bertz CT molecular complexity index is 904. The van der Waals surface area contributed by atoms with Crippen LogP contribution >= 0.6 is 0 Å². The standard InChI is InChI=1S/C52H99NO5/c1-3-5-7-9-11-13-15-16-17-18-19-23-26-30-34-38-42-46-52(57)58-47-43-39-35-31-27-24-21-20-22-25-29-33-37-41-45-51(56)53-49(48-54)50(55)44-40-36-32-28-14-12-10-8-6-4-2/h11,13,16-17,49-50,54-55H,3-10,12,14-15,18-48H2,1-2H3,(H,53,56)/b13-11-,17-16-. The summed E-state index contributed by atoms with van der Waals surface area (Å²) in [6.45, 7) is 4.88. The van der Waals surface area contributed by atoms with Gasteiger partial charge in [-0.3, -0.25) is 9.59 Å². The number of ether oxygens (including phenoxy) is 1. The molecule has 0 aromatic heterocycles. The van der Waals surface area contributed by atoms with Gasteiger partial charge in [0, 0.05) is 12.8 Å². The van der Waals surface area contributed by atoms with Gasteiger partial charge in [0.2, 0.25) is 5.91 Å². The predicted molar refractivity (Wildman–Crippen MR) is 250 cm³/mol. The van der Waals surface area contributed by atoms with Gasteiger partial charge in [-0.05, 0) is 57.8 Å². The molecule has 1 amide bonds. The molecule has 6 nitrogen and oxygen atoms in total. The lowest BCUT2D eigenvalue weighted by Gasteiger charge is -2.22. The van der Waals surface area contributed by atoms with Crippen molar-refractivity contribution in [3.63, 3.8) is 0 Å². The van der Waals surface area contributed by atoms with Crippen LogP contribution in [0.3, 0.4) is 0 Å². The van der Waals surface area contributed by atoms with Crippen LogP contribution in [0.25, 0.3) is 0 Å². The summed E-state index contributed by atoms with van der Waals surface area (Å²) in [6, 6.07) is -0.548. The third-order valence-electron chi connectivity index (χ3n) is 11.8. The molecule has 2 atom stereocenters. The quantitative estimate of drug-likeness (QED) is 0.0323. The summed E-state index contributed by atoms with van der Waals surface area (Å²) in [7, 11) is 0. The van der Waals surface area contributed by atoms with E-state index in [1.807, 2.05) is 0 Å². The van der Waals surface area contributed by atoms with Gasteiger partial charge < -0.3 is 20.3 Å². The van der Waals surface area contributed by atoms with E-state index in [4.69, 9.17) is 4.74 Å². The van der Waals surface area contributed by atoms with Crippen molar-refractivity contribution in [3.8, 4) is 0 Å². The van der Waals surface area contributed by atoms with E-state index in [-0.39, 0.29) is 18.5 Å². The minimum Gasteiger partial charge on any atom is -0.466 e. The first kappa shape index (κ1) is 56.3. The van der Waals surface area contributed by atoms with Crippen LogP contribution in [0.4, 0.5) is 0 Å². The van der Waals surface area contributed by atoms with Gasteiger partial charge >= 0.3 is 5.97 Å². The van der Waals surface area contributed by atoms with Gasteiger partial charge in [0.25, 0.3) is 0 Å². The third kappa shape index (κ3) is 43.9. The van der Waals surface area contributed by atoms with Gasteiger partial charge in [-0.2, -0.15) is 0 Å². The Morgan fingerprint density at radius 1 is 0.483 bits per heavy atom. The summed E-state index contributed by atoms with van der Waals surface area (Å²) in [5.74, 6) is -0.0581. The molecule has 6 heteroatoms. The smallest absolute Gasteiger partial charge is 0.305 e. The number of aliphatic hydroxyl groups excluding tert-OH is 2. The molecule has 58 heavy (non-hydrogen) atoms. The molecule has 3 N–H and O–H groups in total. The van der Waals surface area contributed by atoms with E-state index >= 15 is 0 Å². The summed E-state index contributed by atoms with van der Waals surface area (Å²) in [5, 5.41) is 23.1. The van der Waals surface area contributed by atoms with Crippen molar-refractivity contribution in [3.05, 3.63) is 24.3 Å². The number of rotatable bonds is 47. The van der Waals surface area contributed by atoms with Gasteiger partial charge in [0.05, 0.1) is 25.4 Å². The van der Waals surface area contributed by atoms with Crippen LogP contribution in [0.5, 0.6) is 0 Å². The molecule has 0 aromatic rings. The zero-order chi connectivity index (χ0) is 42.3. The molecule has 0 saturated carbocycles. The Labute approximate surface area is 361 Å². The summed E-state index contributed by atoms with van der Waals surface area (Å²) < 4.78 is 5.47. The molecular weight excluding hydrogens is 719 g/mol. The Morgan fingerprint density at radius 2 is 0.862 bits per heavy atom. The molecule has 0 radical (unpaired) electrons. The molecule has 0 spiro atoms. The lowest BCUT2D eigenvalue weighted by Crippen LogP contribution is -2.45. The normalized spacial score (nSPS) is 12.8. The SMILES string of the molecule is CCCCC/C=C\C/C=C\CCCCCCCCCC(=O)OCCCCCCCCCCCCCCCCC(=O)NC(CO)C(O)CCCCCCCCCCCC. The monoisotopic (exact) mass is 818 g/mol. The van der Waals surface area contributed by atoms with Gasteiger partial charge in [-0.1, -0.05) is 224 Å². The van der Waals surface area contributed by atoms with E-state index in [1.165, 1.54) is 180 Å². The Hall–Kier alpha value is -1.66. The topological polar surface area (TPSA) is 95.9 Å². The molecule has 0 aliphatic rings. The number of hydrogen-bond acceptors (Lipinski definition) is 5. The Kier molecular flexibility index (Phi) is 46.6. The van der Waals surface area contributed by atoms with Crippen molar-refractivity contribution < 1.29 is 24.5 Å². The summed E-state index contributed by atoms with van der Waals surface area (Å²) >= 11 is 0. The largest absolute Gasteiger partial charge is 0.466 e. The number of nitrogens with one attached hydrogen (secondary N) is 1. The molecule has 0 saturated heterocycles. The van der Waals surface area contributed by atoms with Crippen molar-refractivity contribution in [1.82, 2.24) is 5.32 Å². The number of esters is 1. The van der Waals surface area contributed by atoms with E-state index in [0.717, 1.165) is 57.8 Å². The molecule has 0 fully saturated rings. The fourth-order valence-corrected chi connectivity index (χ4v) is 7.79. The van der Waals surface area contributed by atoms with Gasteiger partial charge in [-0.25, -0.2) is 0 Å². The molecule has 0 aliphatic heterocycles. The second-order valence-corrected chi connectivity index (χ2v) is 17.5. The lowest BCUT2D eigenvalue weighted by atomic mass is 10.0. The van der Waals surface area contributed by atoms with Crippen molar-refractivity contribution in [2.24, 2.45) is 0 Å². The number of unbranched alkanes of at least 4 members (excludes halogenated alkanes) is 32. The summed E-state index contributed by atoms with van der Waals surface area (Å²) in [5.41, 5.74) is 0. The lowest BCUT2D eigenvalue weighted by molar-refractivity contribution is -0.143. The van der Waals surface area contributed by atoms with Gasteiger partial charge in [0.1, 0.15) is 0 Å². The molecule has 2 unspecified atom stereocenters. The molecule has 0 aliphatic carbocycles. The van der Waals surface area contributed by atoms with Crippen molar-refractivity contribution in [2.45, 2.75) is 283 Å². The highest BCUT2D eigenvalue weighted by Crippen LogP contribution is 2.16. The van der Waals surface area contributed by atoms with Crippen molar-refractivity contribution >= 4 is 11.9 Å². The van der Waals surface area contributed by atoms with Crippen LogP contribution in [0.1, 0.15) is 271 Å². The van der Waals surface area contributed by atoms with Crippen LogP contribution in [0, 0.1) is 0 Å². The van der Waals surface area contributed by atoms with Crippen LogP contribution in [0.2, 0.25) is 0 Å². The van der Waals surface area contributed by atoms with Gasteiger partial charge in [0.15, 0.2) is 0 Å². The molecule has 0 heterocycles. The van der Waals surface area contributed by atoms with E-state index in [9.17, 15) is 19.8 Å². The molecular formula is C52H99NO5. The van der Waals surface area contributed by atoms with Crippen LogP contribution in [-0.4, -0.2) is 47.4 Å². The van der Waals surface area contributed by atoms with E-state index < -0.39 is 12.1 Å².